The van der Waals surface area contributed by atoms with Crippen molar-refractivity contribution in [2.75, 3.05) is 7.05 Å². The van der Waals surface area contributed by atoms with Gasteiger partial charge in [0.15, 0.2) is 0 Å². The molecule has 0 radical (unpaired) electrons. The fraction of sp³-hybridized carbons (Fsp3) is 0.700. The van der Waals surface area contributed by atoms with E-state index in [1.165, 1.54) is 17.0 Å². The Balaban J connectivity index is 3.11. The van der Waals surface area contributed by atoms with Crippen molar-refractivity contribution in [1.82, 2.24) is 15.1 Å². The smallest absolute Gasteiger partial charge is 0.0697 e. The lowest BCUT2D eigenvalue weighted by atomic mass is 10.0. The van der Waals surface area contributed by atoms with Crippen molar-refractivity contribution >= 4 is 0 Å². The van der Waals surface area contributed by atoms with Gasteiger partial charge in [-0.2, -0.15) is 5.10 Å². The molecule has 3 nitrogen and oxygen atoms in total. The predicted octanol–water partition coefficient (Wildman–Crippen LogP) is 1.57. The van der Waals surface area contributed by atoms with Crippen LogP contribution >= 0.6 is 0 Å². The molecular weight excluding hydrogens is 162 g/mol. The molecule has 13 heavy (non-hydrogen) atoms. The topological polar surface area (TPSA) is 29.9 Å². The van der Waals surface area contributed by atoms with E-state index in [-0.39, 0.29) is 0 Å². The Bertz CT molecular complexity index is 287. The minimum atomic E-state index is 0.503. The highest BCUT2D eigenvalue weighted by molar-refractivity contribution is 5.27. The van der Waals surface area contributed by atoms with Crippen molar-refractivity contribution in [3.8, 4) is 0 Å². The third kappa shape index (κ3) is 1.91. The van der Waals surface area contributed by atoms with Crippen LogP contribution in [0.2, 0.25) is 0 Å². The summed E-state index contributed by atoms with van der Waals surface area (Å²) in [4.78, 5) is 0. The zero-order chi connectivity index (χ0) is 10.0. The minimum Gasteiger partial charge on any atom is -0.316 e. The first-order valence-corrected chi connectivity index (χ1v) is 4.74. The van der Waals surface area contributed by atoms with Crippen molar-refractivity contribution in [1.29, 1.82) is 0 Å². The first kappa shape index (κ1) is 10.3. The van der Waals surface area contributed by atoms with Gasteiger partial charge in [-0.3, -0.25) is 4.68 Å². The lowest BCUT2D eigenvalue weighted by molar-refractivity contribution is 0.697. The van der Waals surface area contributed by atoms with Crippen molar-refractivity contribution in [3.63, 3.8) is 0 Å². The van der Waals surface area contributed by atoms with E-state index < -0.39 is 0 Å². The third-order valence-electron chi connectivity index (χ3n) is 2.39. The molecule has 0 aliphatic carbocycles. The molecule has 0 spiro atoms. The average Bonchev–Trinajstić information content (AvgIpc) is 2.33. The fourth-order valence-corrected chi connectivity index (χ4v) is 1.54. The molecule has 1 aromatic rings. The predicted molar refractivity (Wildman–Crippen MR) is 54.8 cm³/mol. The zero-order valence-corrected chi connectivity index (χ0v) is 9.18. The van der Waals surface area contributed by atoms with Gasteiger partial charge in [0.2, 0.25) is 0 Å². The molecule has 1 heterocycles. The molecule has 3 heteroatoms. The van der Waals surface area contributed by atoms with Crippen molar-refractivity contribution in [2.45, 2.75) is 33.2 Å². The van der Waals surface area contributed by atoms with Gasteiger partial charge < -0.3 is 5.32 Å². The van der Waals surface area contributed by atoms with E-state index in [2.05, 4.69) is 31.2 Å². The van der Waals surface area contributed by atoms with Gasteiger partial charge in [0.1, 0.15) is 0 Å². The Hall–Kier alpha value is -0.830. The van der Waals surface area contributed by atoms with Crippen molar-refractivity contribution < 1.29 is 0 Å². The van der Waals surface area contributed by atoms with Crippen LogP contribution in [0.15, 0.2) is 0 Å². The number of hydrogen-bond donors (Lipinski definition) is 1. The van der Waals surface area contributed by atoms with Crippen LogP contribution in [0.3, 0.4) is 0 Å². The van der Waals surface area contributed by atoms with E-state index in [1.807, 2.05) is 18.8 Å². The summed E-state index contributed by atoms with van der Waals surface area (Å²) in [5, 5.41) is 7.69. The Morgan fingerprint density at radius 2 is 2.08 bits per heavy atom. The van der Waals surface area contributed by atoms with E-state index in [0.717, 1.165) is 6.54 Å². The van der Waals surface area contributed by atoms with E-state index >= 15 is 0 Å². The second-order valence-corrected chi connectivity index (χ2v) is 3.76. The maximum Gasteiger partial charge on any atom is 0.0697 e. The SMILES string of the molecule is CNCc1c(C(C)C)nn(C)c1C. The molecule has 0 bridgehead atoms. The normalized spacial score (nSPS) is 11.2. The van der Waals surface area contributed by atoms with Gasteiger partial charge in [0, 0.05) is 24.8 Å². The van der Waals surface area contributed by atoms with E-state index in [0.29, 0.717) is 5.92 Å². The van der Waals surface area contributed by atoms with Gasteiger partial charge >= 0.3 is 0 Å². The summed E-state index contributed by atoms with van der Waals surface area (Å²) in [7, 11) is 3.97. The van der Waals surface area contributed by atoms with Gasteiger partial charge in [-0.05, 0) is 19.9 Å². The molecule has 0 aliphatic rings. The number of aryl methyl sites for hydroxylation is 1. The highest BCUT2D eigenvalue weighted by Crippen LogP contribution is 2.20. The fourth-order valence-electron chi connectivity index (χ4n) is 1.54. The van der Waals surface area contributed by atoms with E-state index in [9.17, 15) is 0 Å². The summed E-state index contributed by atoms with van der Waals surface area (Å²) in [6.45, 7) is 7.39. The van der Waals surface area contributed by atoms with Gasteiger partial charge in [-0.15, -0.1) is 0 Å². The van der Waals surface area contributed by atoms with Crippen LogP contribution in [0.25, 0.3) is 0 Å². The molecule has 1 rings (SSSR count). The molecule has 0 atom stereocenters. The van der Waals surface area contributed by atoms with Crippen LogP contribution in [-0.4, -0.2) is 16.8 Å². The van der Waals surface area contributed by atoms with Crippen molar-refractivity contribution in [2.24, 2.45) is 7.05 Å². The highest BCUT2D eigenvalue weighted by atomic mass is 15.3. The van der Waals surface area contributed by atoms with Gasteiger partial charge in [-0.1, -0.05) is 13.8 Å². The molecule has 0 unspecified atom stereocenters. The first-order valence-electron chi connectivity index (χ1n) is 4.74. The summed E-state index contributed by atoms with van der Waals surface area (Å²) in [6.07, 6.45) is 0. The van der Waals surface area contributed by atoms with Crippen LogP contribution < -0.4 is 5.32 Å². The number of aromatic nitrogens is 2. The Kier molecular flexibility index (Phi) is 3.09. The molecular formula is C10H19N3. The maximum absolute atomic E-state index is 4.50. The van der Waals surface area contributed by atoms with Gasteiger partial charge in [0.05, 0.1) is 5.69 Å². The second-order valence-electron chi connectivity index (χ2n) is 3.76. The standard InChI is InChI=1S/C10H19N3/c1-7(2)10-9(6-11-4)8(3)13(5)12-10/h7,11H,6H2,1-5H3. The first-order chi connectivity index (χ1) is 6.07. The third-order valence-corrected chi connectivity index (χ3v) is 2.39. The van der Waals surface area contributed by atoms with E-state index in [4.69, 9.17) is 0 Å². The van der Waals surface area contributed by atoms with E-state index in [1.54, 1.807) is 0 Å². The molecule has 1 aromatic heterocycles. The van der Waals surface area contributed by atoms with Crippen molar-refractivity contribution in [3.05, 3.63) is 17.0 Å². The zero-order valence-electron chi connectivity index (χ0n) is 9.18. The number of hydrogen-bond acceptors (Lipinski definition) is 2. The summed E-state index contributed by atoms with van der Waals surface area (Å²) in [5.41, 5.74) is 3.83. The summed E-state index contributed by atoms with van der Waals surface area (Å²) in [6, 6.07) is 0. The average molecular weight is 181 g/mol. The van der Waals surface area contributed by atoms with Crippen LogP contribution in [0.4, 0.5) is 0 Å². The molecule has 1 N–H and O–H groups in total. The Morgan fingerprint density at radius 3 is 2.54 bits per heavy atom. The van der Waals surface area contributed by atoms with Crippen LogP contribution in [0.5, 0.6) is 0 Å². The largest absolute Gasteiger partial charge is 0.316 e. The van der Waals surface area contributed by atoms with Gasteiger partial charge in [0.25, 0.3) is 0 Å². The Labute approximate surface area is 80.1 Å². The molecule has 0 amide bonds. The van der Waals surface area contributed by atoms with Gasteiger partial charge in [-0.25, -0.2) is 0 Å². The lowest BCUT2D eigenvalue weighted by Gasteiger charge is -2.04. The summed E-state index contributed by atoms with van der Waals surface area (Å²) in [5.74, 6) is 0.503. The number of nitrogens with one attached hydrogen (secondary N) is 1. The molecule has 0 saturated carbocycles. The van der Waals surface area contributed by atoms with Crippen LogP contribution in [-0.2, 0) is 13.6 Å². The lowest BCUT2D eigenvalue weighted by Crippen LogP contribution is -2.08. The molecule has 0 saturated heterocycles. The summed E-state index contributed by atoms with van der Waals surface area (Å²) >= 11 is 0. The Morgan fingerprint density at radius 1 is 1.46 bits per heavy atom. The molecule has 0 aliphatic heterocycles. The molecule has 74 valence electrons. The summed E-state index contributed by atoms with van der Waals surface area (Å²) < 4.78 is 1.96. The number of nitrogens with zero attached hydrogens (tertiary/aromatic N) is 2. The molecule has 0 fully saturated rings. The molecule has 0 aromatic carbocycles. The second kappa shape index (κ2) is 3.92. The quantitative estimate of drug-likeness (QED) is 0.767. The minimum absolute atomic E-state index is 0.503. The number of rotatable bonds is 3. The van der Waals surface area contributed by atoms with Crippen LogP contribution in [0, 0.1) is 6.92 Å². The monoisotopic (exact) mass is 181 g/mol. The highest BCUT2D eigenvalue weighted by Gasteiger charge is 2.14. The van der Waals surface area contributed by atoms with Crippen LogP contribution in [0.1, 0.15) is 36.7 Å². The maximum atomic E-state index is 4.50.